The largest absolute Gasteiger partial charge is 0.356 e. The lowest BCUT2D eigenvalue weighted by atomic mass is 10.1. The van der Waals surface area contributed by atoms with Gasteiger partial charge in [-0.25, -0.2) is 0 Å². The van der Waals surface area contributed by atoms with E-state index in [1.807, 2.05) is 7.05 Å². The van der Waals surface area contributed by atoms with E-state index < -0.39 is 0 Å². The summed E-state index contributed by atoms with van der Waals surface area (Å²) in [4.78, 5) is 9.28. The van der Waals surface area contributed by atoms with E-state index in [4.69, 9.17) is 0 Å². The van der Waals surface area contributed by atoms with Gasteiger partial charge >= 0.3 is 0 Å². The van der Waals surface area contributed by atoms with Crippen LogP contribution in [0.25, 0.3) is 0 Å². The maximum absolute atomic E-state index is 4.29. The van der Waals surface area contributed by atoms with E-state index in [2.05, 4.69) is 62.8 Å². The summed E-state index contributed by atoms with van der Waals surface area (Å²) in [6, 6.07) is 10.6. The monoisotopic (exact) mass is 331 g/mol. The number of aliphatic imine (C=N–C) groups is 1. The first-order valence-electron chi connectivity index (χ1n) is 9.17. The van der Waals surface area contributed by atoms with Crippen molar-refractivity contribution in [3.8, 4) is 0 Å². The maximum atomic E-state index is 4.29. The first-order chi connectivity index (χ1) is 11.8. The van der Waals surface area contributed by atoms with Crippen molar-refractivity contribution in [2.75, 3.05) is 59.9 Å². The minimum Gasteiger partial charge on any atom is -0.356 e. The van der Waals surface area contributed by atoms with Gasteiger partial charge in [0, 0.05) is 46.3 Å². The Kier molecular flexibility index (Phi) is 8.63. The van der Waals surface area contributed by atoms with Gasteiger partial charge in [-0.2, -0.15) is 0 Å². The summed E-state index contributed by atoms with van der Waals surface area (Å²) < 4.78 is 0. The fourth-order valence-electron chi connectivity index (χ4n) is 2.93. The Balaban J connectivity index is 1.50. The average Bonchev–Trinajstić information content (AvgIpc) is 2.62. The molecule has 1 aromatic carbocycles. The first kappa shape index (κ1) is 18.7. The van der Waals surface area contributed by atoms with Gasteiger partial charge in [0.15, 0.2) is 5.96 Å². The number of piperazine rings is 1. The predicted molar refractivity (Wildman–Crippen MR) is 103 cm³/mol. The van der Waals surface area contributed by atoms with E-state index in [0.29, 0.717) is 0 Å². The Morgan fingerprint density at radius 3 is 2.42 bits per heavy atom. The van der Waals surface area contributed by atoms with Gasteiger partial charge in [0.2, 0.25) is 0 Å². The number of likely N-dealkylation sites (N-methyl/N-ethyl adjacent to an activating group) is 1. The quantitative estimate of drug-likeness (QED) is 0.430. The van der Waals surface area contributed by atoms with E-state index in [1.165, 1.54) is 51.1 Å². The highest BCUT2D eigenvalue weighted by molar-refractivity contribution is 5.79. The van der Waals surface area contributed by atoms with Gasteiger partial charge in [-0.3, -0.25) is 4.99 Å². The molecule has 0 unspecified atom stereocenters. The highest BCUT2D eigenvalue weighted by Crippen LogP contribution is 2.01. The van der Waals surface area contributed by atoms with Crippen LogP contribution in [0.3, 0.4) is 0 Å². The van der Waals surface area contributed by atoms with Crippen LogP contribution < -0.4 is 10.6 Å². The highest BCUT2D eigenvalue weighted by Gasteiger charge is 2.12. The number of rotatable bonds is 8. The third kappa shape index (κ3) is 7.32. The van der Waals surface area contributed by atoms with Crippen LogP contribution in [-0.2, 0) is 6.42 Å². The van der Waals surface area contributed by atoms with Crippen molar-refractivity contribution in [3.63, 3.8) is 0 Å². The summed E-state index contributed by atoms with van der Waals surface area (Å²) >= 11 is 0. The molecular weight excluding hydrogens is 298 g/mol. The molecule has 0 radical (unpaired) electrons. The number of unbranched alkanes of at least 4 members (excludes halogenated alkanes) is 1. The molecule has 1 fully saturated rings. The minimum absolute atomic E-state index is 0.908. The van der Waals surface area contributed by atoms with Crippen LogP contribution >= 0.6 is 0 Å². The zero-order valence-corrected chi connectivity index (χ0v) is 15.3. The lowest BCUT2D eigenvalue weighted by Crippen LogP contribution is -2.44. The lowest BCUT2D eigenvalue weighted by molar-refractivity contribution is 0.152. The molecule has 0 atom stereocenters. The number of guanidine groups is 1. The van der Waals surface area contributed by atoms with Crippen molar-refractivity contribution in [1.29, 1.82) is 0 Å². The molecule has 1 aliphatic rings. The third-order valence-electron chi connectivity index (χ3n) is 4.56. The summed E-state index contributed by atoms with van der Waals surface area (Å²) in [5.41, 5.74) is 1.35. The maximum Gasteiger partial charge on any atom is 0.190 e. The van der Waals surface area contributed by atoms with Crippen LogP contribution in [0.2, 0.25) is 0 Å². The van der Waals surface area contributed by atoms with Gasteiger partial charge < -0.3 is 20.4 Å². The summed E-state index contributed by atoms with van der Waals surface area (Å²) in [7, 11) is 4.04. The van der Waals surface area contributed by atoms with E-state index in [1.54, 1.807) is 0 Å². The van der Waals surface area contributed by atoms with Crippen molar-refractivity contribution in [1.82, 2.24) is 20.4 Å². The molecular formula is C19H33N5. The van der Waals surface area contributed by atoms with Gasteiger partial charge in [-0.15, -0.1) is 0 Å². The molecule has 0 spiro atoms. The summed E-state index contributed by atoms with van der Waals surface area (Å²) in [6.45, 7) is 7.95. The Hall–Kier alpha value is -1.59. The molecule has 0 bridgehead atoms. The van der Waals surface area contributed by atoms with Crippen LogP contribution in [0.5, 0.6) is 0 Å². The molecule has 1 aromatic rings. The number of hydrogen-bond acceptors (Lipinski definition) is 3. The summed E-state index contributed by atoms with van der Waals surface area (Å²) in [5.74, 6) is 0.908. The Morgan fingerprint density at radius 2 is 1.71 bits per heavy atom. The van der Waals surface area contributed by atoms with Crippen LogP contribution in [0, 0.1) is 0 Å². The van der Waals surface area contributed by atoms with E-state index in [-0.39, 0.29) is 0 Å². The van der Waals surface area contributed by atoms with E-state index in [0.717, 1.165) is 25.5 Å². The van der Waals surface area contributed by atoms with Gasteiger partial charge in [0.25, 0.3) is 0 Å². The number of nitrogens with one attached hydrogen (secondary N) is 2. The first-order valence-corrected chi connectivity index (χ1v) is 9.17. The van der Waals surface area contributed by atoms with Crippen LogP contribution in [0.15, 0.2) is 35.3 Å². The molecule has 24 heavy (non-hydrogen) atoms. The van der Waals surface area contributed by atoms with Crippen molar-refractivity contribution < 1.29 is 0 Å². The third-order valence-corrected chi connectivity index (χ3v) is 4.56. The molecule has 5 nitrogen and oxygen atoms in total. The topological polar surface area (TPSA) is 42.9 Å². The summed E-state index contributed by atoms with van der Waals surface area (Å²) in [5, 5.41) is 6.80. The number of benzene rings is 1. The Morgan fingerprint density at radius 1 is 1.00 bits per heavy atom. The number of hydrogen-bond donors (Lipinski definition) is 2. The second-order valence-electron chi connectivity index (χ2n) is 6.51. The second kappa shape index (κ2) is 11.0. The fraction of sp³-hybridized carbons (Fsp3) is 0.632. The molecule has 1 heterocycles. The smallest absolute Gasteiger partial charge is 0.190 e. The molecule has 0 saturated carbocycles. The molecule has 134 valence electrons. The van der Waals surface area contributed by atoms with Gasteiger partial charge in [-0.1, -0.05) is 30.3 Å². The van der Waals surface area contributed by atoms with Gasteiger partial charge in [-0.05, 0) is 38.4 Å². The minimum atomic E-state index is 0.908. The van der Waals surface area contributed by atoms with Crippen molar-refractivity contribution in [3.05, 3.63) is 35.9 Å². The Labute approximate surface area is 147 Å². The standard InChI is InChI=1S/C19H33N5/c1-20-19(22-12-10-18-8-4-3-5-9-18)21-11-6-7-13-24-16-14-23(2)15-17-24/h3-5,8-9H,6-7,10-17H2,1-2H3,(H2,20,21,22). The average molecular weight is 332 g/mol. The second-order valence-corrected chi connectivity index (χ2v) is 6.51. The molecule has 0 aromatic heterocycles. The van der Waals surface area contributed by atoms with Crippen LogP contribution in [0.4, 0.5) is 0 Å². The van der Waals surface area contributed by atoms with Crippen molar-refractivity contribution in [2.45, 2.75) is 19.3 Å². The number of nitrogens with zero attached hydrogens (tertiary/aromatic N) is 3. The molecule has 2 rings (SSSR count). The highest BCUT2D eigenvalue weighted by atomic mass is 15.2. The van der Waals surface area contributed by atoms with Crippen LogP contribution in [0.1, 0.15) is 18.4 Å². The van der Waals surface area contributed by atoms with E-state index >= 15 is 0 Å². The van der Waals surface area contributed by atoms with E-state index in [9.17, 15) is 0 Å². The predicted octanol–water partition coefficient (Wildman–Crippen LogP) is 1.42. The molecule has 0 aliphatic carbocycles. The molecule has 1 aliphatic heterocycles. The zero-order valence-electron chi connectivity index (χ0n) is 15.3. The van der Waals surface area contributed by atoms with Gasteiger partial charge in [0.1, 0.15) is 0 Å². The molecule has 5 heteroatoms. The molecule has 0 amide bonds. The van der Waals surface area contributed by atoms with Crippen LogP contribution in [-0.4, -0.2) is 75.7 Å². The van der Waals surface area contributed by atoms with Gasteiger partial charge in [0.05, 0.1) is 0 Å². The van der Waals surface area contributed by atoms with Crippen molar-refractivity contribution >= 4 is 5.96 Å². The normalized spacial score (nSPS) is 17.0. The summed E-state index contributed by atoms with van der Waals surface area (Å²) in [6.07, 6.45) is 3.45. The SMILES string of the molecule is CN=C(NCCCCN1CCN(C)CC1)NCCc1ccccc1. The van der Waals surface area contributed by atoms with Crippen molar-refractivity contribution in [2.24, 2.45) is 4.99 Å². The molecule has 2 N–H and O–H groups in total. The fourth-order valence-corrected chi connectivity index (χ4v) is 2.93. The Bertz CT molecular complexity index is 466. The lowest BCUT2D eigenvalue weighted by Gasteiger charge is -2.32. The zero-order chi connectivity index (χ0) is 17.0. The molecule has 1 saturated heterocycles.